The van der Waals surface area contributed by atoms with E-state index in [2.05, 4.69) is 9.88 Å². The number of aliphatic hydroxyl groups excluding tert-OH is 1. The fourth-order valence-electron chi connectivity index (χ4n) is 3.43. The number of halogens is 1. The van der Waals surface area contributed by atoms with E-state index in [1.54, 1.807) is 18.3 Å². The lowest BCUT2D eigenvalue weighted by Gasteiger charge is -2.36. The van der Waals surface area contributed by atoms with Gasteiger partial charge in [-0.15, -0.1) is 0 Å². The summed E-state index contributed by atoms with van der Waals surface area (Å²) in [7, 11) is 0. The van der Waals surface area contributed by atoms with Crippen molar-refractivity contribution in [1.29, 1.82) is 0 Å². The van der Waals surface area contributed by atoms with Crippen molar-refractivity contribution in [3.05, 3.63) is 72.2 Å². The van der Waals surface area contributed by atoms with Gasteiger partial charge in [0, 0.05) is 36.8 Å². The Morgan fingerprint density at radius 3 is 2.88 bits per heavy atom. The van der Waals surface area contributed by atoms with Gasteiger partial charge in [-0.3, -0.25) is 9.88 Å². The zero-order valence-electron chi connectivity index (χ0n) is 14.4. The molecular formula is C21H21FN2O2. The molecule has 0 unspecified atom stereocenters. The van der Waals surface area contributed by atoms with Crippen molar-refractivity contribution in [2.75, 3.05) is 13.1 Å². The predicted octanol–water partition coefficient (Wildman–Crippen LogP) is 3.39. The van der Waals surface area contributed by atoms with Crippen LogP contribution in [0.25, 0.3) is 10.9 Å². The van der Waals surface area contributed by atoms with E-state index < -0.39 is 6.10 Å². The Morgan fingerprint density at radius 1 is 1.15 bits per heavy atom. The Morgan fingerprint density at radius 2 is 2.04 bits per heavy atom. The summed E-state index contributed by atoms with van der Waals surface area (Å²) in [5.74, 6) is 0.530. The topological polar surface area (TPSA) is 45.6 Å². The summed E-state index contributed by atoms with van der Waals surface area (Å²) < 4.78 is 19.8. The van der Waals surface area contributed by atoms with Gasteiger partial charge in [-0.1, -0.05) is 24.3 Å². The molecule has 0 bridgehead atoms. The smallest absolute Gasteiger partial charge is 0.127 e. The highest BCUT2D eigenvalue weighted by Crippen LogP contribution is 2.24. The molecule has 2 heterocycles. The molecule has 2 aromatic carbocycles. The molecule has 0 amide bonds. The van der Waals surface area contributed by atoms with Crippen LogP contribution in [0.15, 0.2) is 60.8 Å². The van der Waals surface area contributed by atoms with Crippen molar-refractivity contribution in [3.63, 3.8) is 0 Å². The summed E-state index contributed by atoms with van der Waals surface area (Å²) in [5.41, 5.74) is 1.57. The molecule has 2 atom stereocenters. The van der Waals surface area contributed by atoms with Crippen LogP contribution >= 0.6 is 0 Å². The molecule has 0 spiro atoms. The number of hydrogen-bond acceptors (Lipinski definition) is 4. The first-order valence-corrected chi connectivity index (χ1v) is 8.84. The maximum Gasteiger partial charge on any atom is 0.127 e. The van der Waals surface area contributed by atoms with E-state index in [-0.39, 0.29) is 11.9 Å². The third-order valence-electron chi connectivity index (χ3n) is 4.82. The normalized spacial score (nSPS) is 21.0. The second-order valence-electron chi connectivity index (χ2n) is 6.70. The molecule has 3 aromatic rings. The standard InChI is InChI=1S/C21H21FN2O2/c22-18-6-2-1-4-16(18)13-24-11-9-21(20(25)14-24)26-17-7-8-19-15(12-17)5-3-10-23-19/h1-8,10,12,20-21,25H,9,11,13-14H2/t20-,21-/m1/s1. The van der Waals surface area contributed by atoms with Crippen LogP contribution in [-0.2, 0) is 6.54 Å². The summed E-state index contributed by atoms with van der Waals surface area (Å²) in [4.78, 5) is 6.36. The van der Waals surface area contributed by atoms with Gasteiger partial charge in [-0.2, -0.15) is 0 Å². The average Bonchev–Trinajstić information content (AvgIpc) is 2.66. The van der Waals surface area contributed by atoms with Crippen LogP contribution in [0.2, 0.25) is 0 Å². The number of ether oxygens (including phenoxy) is 1. The third kappa shape index (κ3) is 3.69. The Kier molecular flexibility index (Phi) is 4.82. The van der Waals surface area contributed by atoms with Gasteiger partial charge < -0.3 is 9.84 Å². The van der Waals surface area contributed by atoms with Gasteiger partial charge >= 0.3 is 0 Å². The van der Waals surface area contributed by atoms with Crippen molar-refractivity contribution < 1.29 is 14.2 Å². The fourth-order valence-corrected chi connectivity index (χ4v) is 3.43. The predicted molar refractivity (Wildman–Crippen MR) is 98.5 cm³/mol. The highest BCUT2D eigenvalue weighted by molar-refractivity contribution is 5.79. The molecule has 0 radical (unpaired) electrons. The lowest BCUT2D eigenvalue weighted by Crippen LogP contribution is -2.48. The lowest BCUT2D eigenvalue weighted by molar-refractivity contribution is -0.0276. The number of pyridine rings is 1. The molecule has 1 saturated heterocycles. The Balaban J connectivity index is 1.39. The van der Waals surface area contributed by atoms with Crippen molar-refractivity contribution in [3.8, 4) is 5.75 Å². The van der Waals surface area contributed by atoms with E-state index in [9.17, 15) is 9.50 Å². The molecule has 0 saturated carbocycles. The molecule has 1 aromatic heterocycles. The second kappa shape index (κ2) is 7.40. The first-order chi connectivity index (χ1) is 12.7. The Hall–Kier alpha value is -2.50. The van der Waals surface area contributed by atoms with Gasteiger partial charge in [0.15, 0.2) is 0 Å². The number of aromatic nitrogens is 1. The molecule has 5 heteroatoms. The van der Waals surface area contributed by atoms with E-state index in [0.29, 0.717) is 25.1 Å². The number of nitrogens with zero attached hydrogens (tertiary/aromatic N) is 2. The first-order valence-electron chi connectivity index (χ1n) is 8.84. The van der Waals surface area contributed by atoms with Gasteiger partial charge in [-0.25, -0.2) is 4.39 Å². The van der Waals surface area contributed by atoms with Crippen LogP contribution < -0.4 is 4.74 Å². The fraction of sp³-hybridized carbons (Fsp3) is 0.286. The van der Waals surface area contributed by atoms with Crippen molar-refractivity contribution in [2.45, 2.75) is 25.2 Å². The second-order valence-corrected chi connectivity index (χ2v) is 6.70. The van der Waals surface area contributed by atoms with Crippen LogP contribution in [0.4, 0.5) is 4.39 Å². The monoisotopic (exact) mass is 352 g/mol. The van der Waals surface area contributed by atoms with Crippen LogP contribution in [0.3, 0.4) is 0 Å². The molecule has 1 fully saturated rings. The lowest BCUT2D eigenvalue weighted by atomic mass is 10.0. The molecule has 134 valence electrons. The van der Waals surface area contributed by atoms with Gasteiger partial charge in [-0.05, 0) is 36.8 Å². The average molecular weight is 352 g/mol. The number of fused-ring (bicyclic) bond motifs is 1. The maximum absolute atomic E-state index is 13.8. The minimum absolute atomic E-state index is 0.204. The minimum atomic E-state index is -0.611. The molecular weight excluding hydrogens is 331 g/mol. The number of piperidine rings is 1. The number of rotatable bonds is 4. The number of hydrogen-bond donors (Lipinski definition) is 1. The van der Waals surface area contributed by atoms with E-state index in [0.717, 1.165) is 23.2 Å². The van der Waals surface area contributed by atoms with Crippen molar-refractivity contribution in [2.24, 2.45) is 0 Å². The highest BCUT2D eigenvalue weighted by Gasteiger charge is 2.29. The van der Waals surface area contributed by atoms with Crippen molar-refractivity contribution in [1.82, 2.24) is 9.88 Å². The largest absolute Gasteiger partial charge is 0.488 e. The van der Waals surface area contributed by atoms with Gasteiger partial charge in [0.05, 0.1) is 5.52 Å². The van der Waals surface area contributed by atoms with Gasteiger partial charge in [0.2, 0.25) is 0 Å². The number of β-amino-alcohol motifs (C(OH)–C–C–N with tert-alkyl or cyclic N) is 1. The summed E-state index contributed by atoms with van der Waals surface area (Å²) in [6.45, 7) is 1.72. The molecule has 4 nitrogen and oxygen atoms in total. The van der Waals surface area contributed by atoms with Crippen LogP contribution in [-0.4, -0.2) is 40.3 Å². The summed E-state index contributed by atoms with van der Waals surface area (Å²) in [5, 5.41) is 11.5. The molecule has 1 N–H and O–H groups in total. The van der Waals surface area contributed by atoms with E-state index >= 15 is 0 Å². The van der Waals surface area contributed by atoms with E-state index in [1.807, 2.05) is 36.4 Å². The minimum Gasteiger partial charge on any atom is -0.488 e. The van der Waals surface area contributed by atoms with Gasteiger partial charge in [0.25, 0.3) is 0 Å². The molecule has 0 aliphatic carbocycles. The number of aliphatic hydroxyl groups is 1. The SMILES string of the molecule is O[C@@H]1CN(Cc2ccccc2F)CC[C@H]1Oc1ccc2ncccc2c1. The Labute approximate surface area is 151 Å². The van der Waals surface area contributed by atoms with Crippen LogP contribution in [0.5, 0.6) is 5.75 Å². The summed E-state index contributed by atoms with van der Waals surface area (Å²) >= 11 is 0. The molecule has 26 heavy (non-hydrogen) atoms. The Bertz CT molecular complexity index is 902. The summed E-state index contributed by atoms with van der Waals surface area (Å²) in [6.07, 6.45) is 1.58. The van der Waals surface area contributed by atoms with Gasteiger partial charge in [0.1, 0.15) is 23.8 Å². The number of benzene rings is 2. The summed E-state index contributed by atoms with van der Waals surface area (Å²) in [6, 6.07) is 16.4. The molecule has 1 aliphatic rings. The third-order valence-corrected chi connectivity index (χ3v) is 4.82. The molecule has 1 aliphatic heterocycles. The van der Waals surface area contributed by atoms with Crippen LogP contribution in [0, 0.1) is 5.82 Å². The zero-order valence-corrected chi connectivity index (χ0v) is 14.4. The van der Waals surface area contributed by atoms with E-state index in [4.69, 9.17) is 4.74 Å². The van der Waals surface area contributed by atoms with E-state index in [1.165, 1.54) is 6.07 Å². The first kappa shape index (κ1) is 16.9. The zero-order chi connectivity index (χ0) is 17.9. The van der Waals surface area contributed by atoms with Crippen molar-refractivity contribution >= 4 is 10.9 Å². The quantitative estimate of drug-likeness (QED) is 0.782. The maximum atomic E-state index is 13.8. The van der Waals surface area contributed by atoms with Crippen LogP contribution in [0.1, 0.15) is 12.0 Å². The highest BCUT2D eigenvalue weighted by atomic mass is 19.1. The number of likely N-dealkylation sites (tertiary alicyclic amines) is 1. The molecule has 4 rings (SSSR count).